The van der Waals surface area contributed by atoms with Gasteiger partial charge in [0.1, 0.15) is 5.37 Å². The minimum atomic E-state index is -0.475. The summed E-state index contributed by atoms with van der Waals surface area (Å²) in [4.78, 5) is 27.0. The average molecular weight is 407 g/mol. The number of benzene rings is 2. The van der Waals surface area contributed by atoms with Gasteiger partial charge in [-0.15, -0.1) is 11.8 Å². The fourth-order valence-corrected chi connectivity index (χ4v) is 4.49. The van der Waals surface area contributed by atoms with Crippen LogP contribution in [-0.2, 0) is 16.1 Å². The second-order valence-electron chi connectivity index (χ2n) is 6.60. The van der Waals surface area contributed by atoms with Crippen LogP contribution in [0, 0.1) is 0 Å². The molecule has 1 atom stereocenters. The number of hydrogen-bond donors (Lipinski definition) is 0. The number of esters is 1. The maximum Gasteiger partial charge on any atom is 0.359 e. The summed E-state index contributed by atoms with van der Waals surface area (Å²) >= 11 is 1.50. The van der Waals surface area contributed by atoms with E-state index in [4.69, 9.17) is 4.74 Å². The third-order valence-electron chi connectivity index (χ3n) is 4.66. The number of ether oxygens (including phenoxy) is 1. The Morgan fingerprint density at radius 1 is 1.14 bits per heavy atom. The first-order valence-corrected chi connectivity index (χ1v) is 10.5. The fraction of sp³-hybridized carbons (Fsp3) is 0.227. The van der Waals surface area contributed by atoms with Gasteiger partial charge < -0.3 is 9.64 Å². The van der Waals surface area contributed by atoms with Gasteiger partial charge in [0.2, 0.25) is 5.91 Å². The van der Waals surface area contributed by atoms with Crippen molar-refractivity contribution in [2.45, 2.75) is 18.8 Å². The van der Waals surface area contributed by atoms with Gasteiger partial charge in [-0.1, -0.05) is 48.5 Å². The molecule has 1 amide bonds. The molecule has 1 fully saturated rings. The molecule has 3 aromatic rings. The van der Waals surface area contributed by atoms with Crippen molar-refractivity contribution >= 4 is 23.6 Å². The van der Waals surface area contributed by atoms with Gasteiger partial charge >= 0.3 is 5.97 Å². The summed E-state index contributed by atoms with van der Waals surface area (Å²) in [5, 5.41) is 4.21. The number of nitrogens with zero attached hydrogens (tertiary/aromatic N) is 3. The fourth-order valence-electron chi connectivity index (χ4n) is 3.30. The van der Waals surface area contributed by atoms with Gasteiger partial charge in [0.15, 0.2) is 5.69 Å². The van der Waals surface area contributed by atoms with E-state index in [2.05, 4.69) is 5.10 Å². The van der Waals surface area contributed by atoms with Gasteiger partial charge in [0, 0.05) is 18.3 Å². The number of carbonyl (C=O) groups excluding carboxylic acids is 2. The zero-order chi connectivity index (χ0) is 20.2. The van der Waals surface area contributed by atoms with Gasteiger partial charge in [-0.3, -0.25) is 4.79 Å². The molecule has 29 heavy (non-hydrogen) atoms. The first kappa shape index (κ1) is 19.3. The van der Waals surface area contributed by atoms with Crippen molar-refractivity contribution in [3.8, 4) is 5.69 Å². The van der Waals surface area contributed by atoms with Crippen LogP contribution in [0.25, 0.3) is 5.69 Å². The highest BCUT2D eigenvalue weighted by atomic mass is 32.2. The Balaban J connectivity index is 1.72. The maximum atomic E-state index is 12.6. The Kier molecular flexibility index (Phi) is 5.67. The average Bonchev–Trinajstić information content (AvgIpc) is 3.34. The smallest absolute Gasteiger partial charge is 0.359 e. The van der Waals surface area contributed by atoms with Crippen LogP contribution in [0.5, 0.6) is 0 Å². The lowest BCUT2D eigenvalue weighted by Crippen LogP contribution is -2.28. The Morgan fingerprint density at radius 2 is 1.83 bits per heavy atom. The van der Waals surface area contributed by atoms with Gasteiger partial charge in [-0.05, 0) is 24.6 Å². The molecule has 0 N–H and O–H groups in total. The highest BCUT2D eigenvalue weighted by Crippen LogP contribution is 2.41. The lowest BCUT2D eigenvalue weighted by Gasteiger charge is -2.23. The second-order valence-corrected chi connectivity index (χ2v) is 7.67. The van der Waals surface area contributed by atoms with Gasteiger partial charge in [-0.25, -0.2) is 9.48 Å². The number of thioether (sulfide) groups is 1. The lowest BCUT2D eigenvalue weighted by atomic mass is 10.1. The van der Waals surface area contributed by atoms with Crippen LogP contribution in [0.4, 0.5) is 0 Å². The minimum absolute atomic E-state index is 0.0473. The van der Waals surface area contributed by atoms with Crippen molar-refractivity contribution in [1.82, 2.24) is 14.7 Å². The highest BCUT2D eigenvalue weighted by Gasteiger charge is 2.37. The molecule has 2 aromatic carbocycles. The summed E-state index contributed by atoms with van der Waals surface area (Å²) in [6, 6.07) is 19.4. The monoisotopic (exact) mass is 407 g/mol. The molecule has 148 valence electrons. The normalized spacial score (nSPS) is 16.2. The molecule has 0 spiro atoms. The molecule has 6 nitrogen and oxygen atoms in total. The number of rotatable bonds is 6. The van der Waals surface area contributed by atoms with E-state index in [0.29, 0.717) is 17.9 Å². The highest BCUT2D eigenvalue weighted by molar-refractivity contribution is 8.00. The summed E-state index contributed by atoms with van der Waals surface area (Å²) < 4.78 is 6.90. The molecular weight excluding hydrogens is 386 g/mol. The van der Waals surface area contributed by atoms with Crippen LogP contribution < -0.4 is 0 Å². The van der Waals surface area contributed by atoms with Crippen LogP contribution in [0.1, 0.15) is 33.9 Å². The molecule has 1 aliphatic heterocycles. The van der Waals surface area contributed by atoms with Crippen molar-refractivity contribution in [2.75, 3.05) is 12.4 Å². The third kappa shape index (κ3) is 4.05. The first-order chi connectivity index (χ1) is 14.2. The van der Waals surface area contributed by atoms with Crippen molar-refractivity contribution in [3.63, 3.8) is 0 Å². The van der Waals surface area contributed by atoms with E-state index >= 15 is 0 Å². The van der Waals surface area contributed by atoms with Crippen molar-refractivity contribution < 1.29 is 14.3 Å². The summed E-state index contributed by atoms with van der Waals surface area (Å²) in [6.45, 7) is 2.51. The minimum Gasteiger partial charge on any atom is -0.461 e. The van der Waals surface area contributed by atoms with Crippen LogP contribution in [0.3, 0.4) is 0 Å². The van der Waals surface area contributed by atoms with E-state index in [1.165, 1.54) is 11.8 Å². The molecule has 0 bridgehead atoms. The predicted octanol–water partition coefficient (Wildman–Crippen LogP) is 3.82. The van der Waals surface area contributed by atoms with Crippen molar-refractivity contribution in [3.05, 3.63) is 83.7 Å². The SMILES string of the molecule is CCOC(=O)c1nn(-c2ccccc2)cc1C1SCC(=O)N1Cc1ccccc1. The molecule has 1 aliphatic rings. The molecule has 0 radical (unpaired) electrons. The van der Waals surface area contributed by atoms with Gasteiger partial charge in [-0.2, -0.15) is 5.10 Å². The molecule has 4 rings (SSSR count). The van der Waals surface area contributed by atoms with Crippen LogP contribution in [0.15, 0.2) is 66.9 Å². The number of carbonyl (C=O) groups is 2. The molecule has 1 aromatic heterocycles. The van der Waals surface area contributed by atoms with E-state index in [1.807, 2.05) is 66.9 Å². The molecule has 0 saturated carbocycles. The lowest BCUT2D eigenvalue weighted by molar-refractivity contribution is -0.128. The zero-order valence-electron chi connectivity index (χ0n) is 16.0. The molecule has 2 heterocycles. The van der Waals surface area contributed by atoms with Crippen molar-refractivity contribution in [2.24, 2.45) is 0 Å². The molecule has 7 heteroatoms. The van der Waals surface area contributed by atoms with Crippen LogP contribution >= 0.6 is 11.8 Å². The Labute approximate surface area is 173 Å². The number of hydrogen-bond acceptors (Lipinski definition) is 5. The largest absolute Gasteiger partial charge is 0.461 e. The second kappa shape index (κ2) is 8.53. The molecular formula is C22H21N3O3S. The quantitative estimate of drug-likeness (QED) is 0.581. The standard InChI is InChI=1S/C22H21N3O3S/c1-2-28-22(27)20-18(14-25(23-20)17-11-7-4-8-12-17)21-24(19(26)15-29-21)13-16-9-5-3-6-10-16/h3-12,14,21H,2,13,15H2,1H3. The van der Waals surface area contributed by atoms with E-state index in [0.717, 1.165) is 11.3 Å². The first-order valence-electron chi connectivity index (χ1n) is 9.44. The number of aromatic nitrogens is 2. The maximum absolute atomic E-state index is 12.6. The Hall–Kier alpha value is -3.06. The van der Waals surface area contributed by atoms with Gasteiger partial charge in [0.25, 0.3) is 0 Å². The van der Waals surface area contributed by atoms with Crippen molar-refractivity contribution in [1.29, 1.82) is 0 Å². The molecule has 0 aliphatic carbocycles. The van der Waals surface area contributed by atoms with Crippen LogP contribution in [-0.4, -0.2) is 38.9 Å². The van der Waals surface area contributed by atoms with E-state index in [9.17, 15) is 9.59 Å². The summed E-state index contributed by atoms with van der Waals surface area (Å²) in [5.74, 6) is -0.0565. The van der Waals surface area contributed by atoms with E-state index < -0.39 is 5.97 Å². The topological polar surface area (TPSA) is 64.4 Å². The zero-order valence-corrected chi connectivity index (χ0v) is 16.8. The Bertz CT molecular complexity index is 1000. The van der Waals surface area contributed by atoms with E-state index in [-0.39, 0.29) is 23.6 Å². The third-order valence-corrected chi connectivity index (χ3v) is 5.90. The summed E-state index contributed by atoms with van der Waals surface area (Å²) in [6.07, 6.45) is 1.83. The van der Waals surface area contributed by atoms with Gasteiger partial charge in [0.05, 0.1) is 18.0 Å². The van der Waals surface area contributed by atoms with Crippen LogP contribution in [0.2, 0.25) is 0 Å². The molecule has 1 saturated heterocycles. The number of para-hydroxylation sites is 1. The predicted molar refractivity (Wildman–Crippen MR) is 112 cm³/mol. The molecule has 1 unspecified atom stereocenters. The summed E-state index contributed by atoms with van der Waals surface area (Å²) in [7, 11) is 0. The Morgan fingerprint density at radius 3 is 2.52 bits per heavy atom. The van der Waals surface area contributed by atoms with E-state index in [1.54, 1.807) is 16.5 Å². The summed E-state index contributed by atoms with van der Waals surface area (Å²) in [5.41, 5.74) is 2.83. The number of amides is 1.